The van der Waals surface area contributed by atoms with Gasteiger partial charge in [-0.15, -0.1) is 11.3 Å². The summed E-state index contributed by atoms with van der Waals surface area (Å²) in [7, 11) is 0. The Kier molecular flexibility index (Phi) is 6.76. The molecule has 248 valence electrons. The molecule has 0 N–H and O–H groups in total. The minimum absolute atomic E-state index is 0.915. The Morgan fingerprint density at radius 2 is 0.962 bits per heavy atom. The molecule has 0 fully saturated rings. The van der Waals surface area contributed by atoms with Crippen molar-refractivity contribution in [2.75, 3.05) is 4.90 Å². The summed E-state index contributed by atoms with van der Waals surface area (Å²) in [5, 5.41) is 9.72. The summed E-state index contributed by atoms with van der Waals surface area (Å²) in [4.78, 5) is 2.38. The van der Waals surface area contributed by atoms with Crippen LogP contribution in [0.15, 0.2) is 192 Å². The fourth-order valence-corrected chi connectivity index (χ4v) is 9.29. The molecule has 11 aromatic rings. The number of hydrogen-bond acceptors (Lipinski definition) is 3. The normalized spacial score (nSPS) is 11.8. The zero-order valence-corrected chi connectivity index (χ0v) is 29.5. The molecule has 9 aromatic carbocycles. The van der Waals surface area contributed by atoms with Crippen LogP contribution in [0, 0.1) is 0 Å². The van der Waals surface area contributed by atoms with Crippen molar-refractivity contribution in [2.45, 2.75) is 0 Å². The third-order valence-electron chi connectivity index (χ3n) is 10.7. The Hall–Kier alpha value is -6.68. The quantitative estimate of drug-likeness (QED) is 0.178. The number of para-hydroxylation sites is 1. The van der Waals surface area contributed by atoms with Crippen LogP contribution in [0.5, 0.6) is 0 Å². The van der Waals surface area contributed by atoms with Gasteiger partial charge in [-0.05, 0) is 93.0 Å². The molecule has 2 nitrogen and oxygen atoms in total. The molecule has 2 aromatic heterocycles. The molecule has 0 aliphatic heterocycles. The van der Waals surface area contributed by atoms with E-state index in [-0.39, 0.29) is 0 Å². The monoisotopic (exact) mass is 693 g/mol. The third kappa shape index (κ3) is 4.86. The number of anilines is 3. The van der Waals surface area contributed by atoms with Crippen molar-refractivity contribution in [3.63, 3.8) is 0 Å². The van der Waals surface area contributed by atoms with Crippen molar-refractivity contribution < 1.29 is 4.42 Å². The second kappa shape index (κ2) is 11.9. The van der Waals surface area contributed by atoms with E-state index >= 15 is 0 Å². The Morgan fingerprint density at radius 3 is 1.77 bits per heavy atom. The van der Waals surface area contributed by atoms with Crippen molar-refractivity contribution in [1.82, 2.24) is 0 Å². The Morgan fingerprint density at radius 1 is 0.377 bits per heavy atom. The van der Waals surface area contributed by atoms with E-state index in [1.807, 2.05) is 17.4 Å². The van der Waals surface area contributed by atoms with Crippen LogP contribution >= 0.6 is 11.3 Å². The molecule has 0 aliphatic rings. The first kappa shape index (κ1) is 30.0. The number of nitrogens with zero attached hydrogens (tertiary/aromatic N) is 1. The lowest BCUT2D eigenvalue weighted by molar-refractivity contribution is 0.673. The summed E-state index contributed by atoms with van der Waals surface area (Å²) in [6.45, 7) is 0. The molecule has 0 radical (unpaired) electrons. The van der Waals surface area contributed by atoms with E-state index < -0.39 is 0 Å². The van der Waals surface area contributed by atoms with Gasteiger partial charge in [0, 0.05) is 53.4 Å². The highest BCUT2D eigenvalue weighted by Gasteiger charge is 2.18. The van der Waals surface area contributed by atoms with E-state index in [9.17, 15) is 0 Å². The van der Waals surface area contributed by atoms with Crippen molar-refractivity contribution in [3.05, 3.63) is 188 Å². The molecule has 0 spiro atoms. The van der Waals surface area contributed by atoms with Gasteiger partial charge in [0.25, 0.3) is 0 Å². The molecule has 3 heteroatoms. The van der Waals surface area contributed by atoms with Crippen LogP contribution in [0.2, 0.25) is 0 Å². The highest BCUT2D eigenvalue weighted by molar-refractivity contribution is 7.25. The topological polar surface area (TPSA) is 16.4 Å². The third-order valence-corrected chi connectivity index (χ3v) is 11.8. The molecular weight excluding hydrogens is 663 g/mol. The molecule has 53 heavy (non-hydrogen) atoms. The van der Waals surface area contributed by atoms with Gasteiger partial charge in [0.05, 0.1) is 0 Å². The van der Waals surface area contributed by atoms with E-state index in [1.54, 1.807) is 0 Å². The Balaban J connectivity index is 1.05. The van der Waals surface area contributed by atoms with Crippen molar-refractivity contribution >= 4 is 92.1 Å². The van der Waals surface area contributed by atoms with Crippen LogP contribution in [0.1, 0.15) is 0 Å². The summed E-state index contributed by atoms with van der Waals surface area (Å²) < 4.78 is 9.11. The minimum Gasteiger partial charge on any atom is -0.455 e. The molecule has 0 aliphatic carbocycles. The maximum Gasteiger partial charge on any atom is 0.143 e. The van der Waals surface area contributed by atoms with Crippen LogP contribution in [-0.4, -0.2) is 0 Å². The first-order valence-corrected chi connectivity index (χ1v) is 18.8. The van der Waals surface area contributed by atoms with Crippen LogP contribution < -0.4 is 4.90 Å². The van der Waals surface area contributed by atoms with Crippen molar-refractivity contribution in [2.24, 2.45) is 0 Å². The number of furan rings is 1. The molecule has 0 atom stereocenters. The summed E-state index contributed by atoms with van der Waals surface area (Å²) in [6, 6.07) is 68.0. The number of fused-ring (bicyclic) bond motifs is 9. The van der Waals surface area contributed by atoms with Gasteiger partial charge in [-0.25, -0.2) is 0 Å². The van der Waals surface area contributed by atoms with Crippen molar-refractivity contribution in [3.8, 4) is 22.3 Å². The zero-order valence-electron chi connectivity index (χ0n) is 28.7. The van der Waals surface area contributed by atoms with E-state index in [1.165, 1.54) is 47.5 Å². The summed E-state index contributed by atoms with van der Waals surface area (Å²) >= 11 is 1.85. The van der Waals surface area contributed by atoms with E-state index in [0.29, 0.717) is 0 Å². The molecule has 0 saturated carbocycles. The average Bonchev–Trinajstić information content (AvgIpc) is 3.79. The molecular formula is C50H31NOS. The standard InChI is InChI=1S/C50H31NOS/c1-2-12-39-32(9-1)10-7-15-40(39)33-19-24-36(25-20-33)51(38-28-30-44-43-14-4-6-18-47(43)53-48(44)31-38)37-26-21-34(22-27-37)41-16-8-11-35-23-29-45-42-13-3-5-17-46(42)52-50(45)49(35)41/h1-31H. The summed E-state index contributed by atoms with van der Waals surface area (Å²) in [6.07, 6.45) is 0. The fourth-order valence-electron chi connectivity index (χ4n) is 8.15. The van der Waals surface area contributed by atoms with Crippen molar-refractivity contribution in [1.29, 1.82) is 0 Å². The maximum absolute atomic E-state index is 6.52. The predicted molar refractivity (Wildman–Crippen MR) is 227 cm³/mol. The van der Waals surface area contributed by atoms with Gasteiger partial charge >= 0.3 is 0 Å². The lowest BCUT2D eigenvalue weighted by Crippen LogP contribution is -2.09. The van der Waals surface area contributed by atoms with Gasteiger partial charge in [-0.2, -0.15) is 0 Å². The summed E-state index contributed by atoms with van der Waals surface area (Å²) in [5.74, 6) is 0. The highest BCUT2D eigenvalue weighted by atomic mass is 32.1. The largest absolute Gasteiger partial charge is 0.455 e. The number of thiophene rings is 1. The van der Waals surface area contributed by atoms with Gasteiger partial charge in [0.2, 0.25) is 0 Å². The van der Waals surface area contributed by atoms with Gasteiger partial charge in [-0.1, -0.05) is 133 Å². The number of rotatable bonds is 5. The molecule has 0 bridgehead atoms. The fraction of sp³-hybridized carbons (Fsp3) is 0. The van der Waals surface area contributed by atoms with E-state index in [4.69, 9.17) is 4.42 Å². The average molecular weight is 694 g/mol. The SMILES string of the molecule is c1ccc2c(-c3ccc(N(c4ccc(-c5cccc6ccc7c8ccccc8oc7c56)cc4)c4ccc5c(c4)sc4ccccc45)cc3)cccc2c1. The molecule has 0 amide bonds. The van der Waals surface area contributed by atoms with Gasteiger partial charge < -0.3 is 9.32 Å². The van der Waals surface area contributed by atoms with Crippen LogP contribution in [-0.2, 0) is 0 Å². The predicted octanol–water partition coefficient (Wildman–Crippen LogP) is 15.1. The molecule has 11 rings (SSSR count). The lowest BCUT2D eigenvalue weighted by atomic mass is 9.96. The van der Waals surface area contributed by atoms with Gasteiger partial charge in [0.15, 0.2) is 0 Å². The second-order valence-corrected chi connectivity index (χ2v) is 14.8. The maximum atomic E-state index is 6.52. The lowest BCUT2D eigenvalue weighted by Gasteiger charge is -2.26. The smallest absolute Gasteiger partial charge is 0.143 e. The molecule has 0 saturated heterocycles. The van der Waals surface area contributed by atoms with Gasteiger partial charge in [-0.3, -0.25) is 0 Å². The summed E-state index contributed by atoms with van der Waals surface area (Å²) in [5.41, 5.74) is 9.95. The van der Waals surface area contributed by atoms with Crippen LogP contribution in [0.4, 0.5) is 17.1 Å². The van der Waals surface area contributed by atoms with Crippen LogP contribution in [0.25, 0.3) is 85.9 Å². The Bertz CT molecular complexity index is 3160. The zero-order chi connectivity index (χ0) is 34.9. The molecule has 0 unspecified atom stereocenters. The molecule has 2 heterocycles. The number of benzene rings is 9. The second-order valence-electron chi connectivity index (χ2n) is 13.7. The highest BCUT2D eigenvalue weighted by Crippen LogP contribution is 2.43. The van der Waals surface area contributed by atoms with E-state index in [2.05, 4.69) is 187 Å². The first-order valence-electron chi connectivity index (χ1n) is 18.0. The first-order chi connectivity index (χ1) is 26.3. The minimum atomic E-state index is 0.915. The van der Waals surface area contributed by atoms with Crippen LogP contribution in [0.3, 0.4) is 0 Å². The van der Waals surface area contributed by atoms with Gasteiger partial charge in [0.1, 0.15) is 11.2 Å². The van der Waals surface area contributed by atoms with E-state index in [0.717, 1.165) is 55.5 Å². The number of hydrogen-bond donors (Lipinski definition) is 0. The Labute approximate surface area is 310 Å².